The van der Waals surface area contributed by atoms with Gasteiger partial charge in [0.25, 0.3) is 5.91 Å². The molecule has 0 radical (unpaired) electrons. The number of nitrogens with zero attached hydrogens (tertiary/aromatic N) is 1. The molecule has 1 saturated carbocycles. The Morgan fingerprint density at radius 3 is 2.62 bits per heavy atom. The van der Waals surface area contributed by atoms with E-state index in [1.807, 2.05) is 30.3 Å². The van der Waals surface area contributed by atoms with Gasteiger partial charge in [-0.15, -0.1) is 11.3 Å². The maximum Gasteiger partial charge on any atom is 0.306 e. The number of hydrogen-bond donors (Lipinski definition) is 2. The average molecular weight is 302 g/mol. The second kappa shape index (κ2) is 5.65. The molecule has 3 rings (SSSR count). The number of carbonyl (C=O) groups excluding carboxylic acids is 1. The smallest absolute Gasteiger partial charge is 0.306 e. The number of carbonyl (C=O) groups is 2. The Balaban J connectivity index is 1.62. The van der Waals surface area contributed by atoms with E-state index in [2.05, 4.69) is 10.3 Å². The molecule has 1 amide bonds. The van der Waals surface area contributed by atoms with Gasteiger partial charge >= 0.3 is 5.97 Å². The molecule has 2 N–H and O–H groups in total. The summed E-state index contributed by atoms with van der Waals surface area (Å²) >= 11 is 1.42. The van der Waals surface area contributed by atoms with Gasteiger partial charge < -0.3 is 10.4 Å². The van der Waals surface area contributed by atoms with Gasteiger partial charge in [0.2, 0.25) is 0 Å². The van der Waals surface area contributed by atoms with Crippen LogP contribution >= 0.6 is 11.3 Å². The number of aromatic nitrogens is 1. The van der Waals surface area contributed by atoms with E-state index in [1.165, 1.54) is 11.3 Å². The molecular formula is C15H14N2O3S. The van der Waals surface area contributed by atoms with Gasteiger partial charge in [-0.1, -0.05) is 30.3 Å². The third-order valence-corrected chi connectivity index (χ3v) is 4.47. The lowest BCUT2D eigenvalue weighted by Gasteiger charge is -2.32. The molecule has 0 spiro atoms. The zero-order chi connectivity index (χ0) is 14.8. The van der Waals surface area contributed by atoms with Crippen molar-refractivity contribution in [2.45, 2.75) is 18.9 Å². The Morgan fingerprint density at radius 1 is 1.24 bits per heavy atom. The highest BCUT2D eigenvalue weighted by Gasteiger charge is 2.35. The minimum Gasteiger partial charge on any atom is -0.481 e. The number of aliphatic carboxylic acids is 1. The number of thiazole rings is 1. The van der Waals surface area contributed by atoms with Crippen LogP contribution in [0.4, 0.5) is 0 Å². The second-order valence-electron chi connectivity index (χ2n) is 5.08. The van der Waals surface area contributed by atoms with Crippen LogP contribution in [0.15, 0.2) is 35.7 Å². The maximum atomic E-state index is 12.1. The van der Waals surface area contributed by atoms with Crippen LogP contribution in [0.25, 0.3) is 10.6 Å². The van der Waals surface area contributed by atoms with Crippen LogP contribution in [0.5, 0.6) is 0 Å². The first-order chi connectivity index (χ1) is 10.1. The van der Waals surface area contributed by atoms with Crippen LogP contribution in [-0.2, 0) is 4.79 Å². The van der Waals surface area contributed by atoms with Crippen LogP contribution in [-0.4, -0.2) is 28.0 Å². The van der Waals surface area contributed by atoms with Crippen molar-refractivity contribution in [3.63, 3.8) is 0 Å². The van der Waals surface area contributed by atoms with Gasteiger partial charge in [-0.3, -0.25) is 9.59 Å². The minimum absolute atomic E-state index is 0.0551. The fraction of sp³-hybridized carbons (Fsp3) is 0.267. The molecule has 1 aromatic carbocycles. The largest absolute Gasteiger partial charge is 0.481 e. The molecule has 108 valence electrons. The molecule has 1 aliphatic rings. The van der Waals surface area contributed by atoms with E-state index >= 15 is 0 Å². The van der Waals surface area contributed by atoms with E-state index in [9.17, 15) is 9.59 Å². The van der Waals surface area contributed by atoms with E-state index in [1.54, 1.807) is 5.38 Å². The number of amides is 1. The summed E-state index contributed by atoms with van der Waals surface area (Å²) in [6, 6.07) is 9.63. The summed E-state index contributed by atoms with van der Waals surface area (Å²) in [4.78, 5) is 27.1. The monoisotopic (exact) mass is 302 g/mol. The number of rotatable bonds is 4. The zero-order valence-corrected chi connectivity index (χ0v) is 12.0. The molecule has 1 aliphatic carbocycles. The van der Waals surface area contributed by atoms with Gasteiger partial charge in [0.05, 0.1) is 5.92 Å². The van der Waals surface area contributed by atoms with Crippen LogP contribution in [0.2, 0.25) is 0 Å². The Kier molecular flexibility index (Phi) is 3.70. The van der Waals surface area contributed by atoms with E-state index in [0.717, 1.165) is 10.6 Å². The van der Waals surface area contributed by atoms with Crippen LogP contribution in [0.1, 0.15) is 23.3 Å². The molecule has 0 bridgehead atoms. The van der Waals surface area contributed by atoms with Crippen molar-refractivity contribution < 1.29 is 14.7 Å². The standard InChI is InChI=1S/C15H14N2O3S/c18-13(16-11-6-10(7-11)15(19)20)12-8-21-14(17-12)9-4-2-1-3-5-9/h1-5,8,10-11H,6-7H2,(H,16,18)(H,19,20). The summed E-state index contributed by atoms with van der Waals surface area (Å²) in [6.45, 7) is 0. The van der Waals surface area contributed by atoms with E-state index < -0.39 is 5.97 Å². The highest BCUT2D eigenvalue weighted by molar-refractivity contribution is 7.13. The van der Waals surface area contributed by atoms with Crippen LogP contribution < -0.4 is 5.32 Å². The van der Waals surface area contributed by atoms with E-state index in [4.69, 9.17) is 5.11 Å². The summed E-state index contributed by atoms with van der Waals surface area (Å²) in [6.07, 6.45) is 0.994. The van der Waals surface area contributed by atoms with Crippen molar-refractivity contribution in [2.24, 2.45) is 5.92 Å². The third kappa shape index (κ3) is 2.95. The van der Waals surface area contributed by atoms with E-state index in [0.29, 0.717) is 18.5 Å². The lowest BCUT2D eigenvalue weighted by Crippen LogP contribution is -2.46. The highest BCUT2D eigenvalue weighted by atomic mass is 32.1. The minimum atomic E-state index is -0.791. The topological polar surface area (TPSA) is 79.3 Å². The van der Waals surface area contributed by atoms with Crippen LogP contribution in [0, 0.1) is 5.92 Å². The van der Waals surface area contributed by atoms with Gasteiger partial charge in [0, 0.05) is 17.0 Å². The number of benzene rings is 1. The number of carboxylic acid groups (broad SMARTS) is 1. The quantitative estimate of drug-likeness (QED) is 0.909. The molecule has 0 unspecified atom stereocenters. The highest BCUT2D eigenvalue weighted by Crippen LogP contribution is 2.28. The fourth-order valence-corrected chi connectivity index (χ4v) is 3.09. The van der Waals surface area contributed by atoms with Crippen molar-refractivity contribution in [1.82, 2.24) is 10.3 Å². The molecule has 0 atom stereocenters. The molecule has 2 aromatic rings. The first-order valence-corrected chi connectivity index (χ1v) is 7.56. The molecule has 0 saturated heterocycles. The zero-order valence-electron chi connectivity index (χ0n) is 11.2. The third-order valence-electron chi connectivity index (χ3n) is 3.58. The van der Waals surface area contributed by atoms with Crippen molar-refractivity contribution in [1.29, 1.82) is 0 Å². The first-order valence-electron chi connectivity index (χ1n) is 6.68. The summed E-state index contributed by atoms with van der Waals surface area (Å²) in [5.41, 5.74) is 1.37. The predicted octanol–water partition coefficient (Wildman–Crippen LogP) is 2.40. The number of nitrogens with one attached hydrogen (secondary N) is 1. The van der Waals surface area contributed by atoms with Crippen LogP contribution in [0.3, 0.4) is 0 Å². The van der Waals surface area contributed by atoms with Gasteiger partial charge in [-0.25, -0.2) is 4.98 Å². The van der Waals surface area contributed by atoms with Gasteiger partial charge in [0.15, 0.2) is 0 Å². The molecule has 1 fully saturated rings. The first kappa shape index (κ1) is 13.8. The lowest BCUT2D eigenvalue weighted by atomic mass is 9.80. The Hall–Kier alpha value is -2.21. The molecule has 1 heterocycles. The SMILES string of the molecule is O=C(NC1CC(C(=O)O)C1)c1csc(-c2ccccc2)n1. The van der Waals surface area contributed by atoms with Gasteiger partial charge in [-0.05, 0) is 12.8 Å². The average Bonchev–Trinajstić information content (AvgIpc) is 2.92. The normalized spacial score (nSPS) is 20.6. The maximum absolute atomic E-state index is 12.1. The number of carboxylic acids is 1. The Labute approximate surface area is 125 Å². The van der Waals surface area contributed by atoms with E-state index in [-0.39, 0.29) is 17.9 Å². The lowest BCUT2D eigenvalue weighted by molar-refractivity contribution is -0.145. The second-order valence-corrected chi connectivity index (χ2v) is 5.94. The molecule has 6 heteroatoms. The van der Waals surface area contributed by atoms with Crippen molar-refractivity contribution in [3.8, 4) is 10.6 Å². The number of hydrogen-bond acceptors (Lipinski definition) is 4. The summed E-state index contributed by atoms with van der Waals surface area (Å²) in [5, 5.41) is 14.2. The molecule has 1 aromatic heterocycles. The van der Waals surface area contributed by atoms with Gasteiger partial charge in [0.1, 0.15) is 10.7 Å². The molecule has 21 heavy (non-hydrogen) atoms. The van der Waals surface area contributed by atoms with Gasteiger partial charge in [-0.2, -0.15) is 0 Å². The van der Waals surface area contributed by atoms with Crippen molar-refractivity contribution in [2.75, 3.05) is 0 Å². The summed E-state index contributed by atoms with van der Waals surface area (Å²) in [7, 11) is 0. The molecular weight excluding hydrogens is 288 g/mol. The predicted molar refractivity (Wildman–Crippen MR) is 79.2 cm³/mol. The molecule has 0 aliphatic heterocycles. The summed E-state index contributed by atoms with van der Waals surface area (Å²) < 4.78 is 0. The Bertz CT molecular complexity index is 663. The Morgan fingerprint density at radius 2 is 1.95 bits per heavy atom. The molecule has 5 nitrogen and oxygen atoms in total. The fourth-order valence-electron chi connectivity index (χ4n) is 2.29. The summed E-state index contributed by atoms with van der Waals surface area (Å²) in [5.74, 6) is -1.35. The van der Waals surface area contributed by atoms with Crippen molar-refractivity contribution in [3.05, 3.63) is 41.4 Å². The van der Waals surface area contributed by atoms with Crippen molar-refractivity contribution >= 4 is 23.2 Å².